The van der Waals surface area contributed by atoms with Gasteiger partial charge in [-0.15, -0.1) is 0 Å². The van der Waals surface area contributed by atoms with Crippen LogP contribution in [-0.4, -0.2) is 60.1 Å². The van der Waals surface area contributed by atoms with Crippen LogP contribution >= 0.6 is 0 Å². The Morgan fingerprint density at radius 3 is 2.06 bits per heavy atom. The zero-order chi connectivity index (χ0) is 23.8. The number of hydrogen-bond acceptors (Lipinski definition) is 11. The zero-order valence-electron chi connectivity index (χ0n) is 17.3. The smallest absolute Gasteiger partial charge is 0.303 e. The quantitative estimate of drug-likeness (QED) is 0.107. The third-order valence-electron chi connectivity index (χ3n) is 4.12. The minimum Gasteiger partial charge on any atom is -0.461 e. The molecule has 1 heterocycles. The molecule has 1 fully saturated rings. The molecular formula is C18H20N4O10. The van der Waals surface area contributed by atoms with Gasteiger partial charge in [0.05, 0.1) is 11.5 Å². The monoisotopic (exact) mass is 452 g/mol. The molecule has 0 unspecified atom stereocenters. The van der Waals surface area contributed by atoms with E-state index in [-0.39, 0.29) is 18.0 Å². The van der Waals surface area contributed by atoms with Gasteiger partial charge >= 0.3 is 17.9 Å². The van der Waals surface area contributed by atoms with E-state index in [4.69, 9.17) is 29.2 Å². The van der Waals surface area contributed by atoms with Crippen molar-refractivity contribution in [2.45, 2.75) is 51.5 Å². The molecule has 0 aliphatic carbocycles. The van der Waals surface area contributed by atoms with Crippen molar-refractivity contribution in [3.05, 3.63) is 44.8 Å². The molecule has 14 heteroatoms. The molecule has 0 N–H and O–H groups in total. The Morgan fingerprint density at radius 2 is 1.56 bits per heavy atom. The van der Waals surface area contributed by atoms with Crippen LogP contribution in [0.25, 0.3) is 10.4 Å². The van der Waals surface area contributed by atoms with E-state index in [2.05, 4.69) is 10.0 Å². The van der Waals surface area contributed by atoms with Crippen molar-refractivity contribution in [3.8, 4) is 5.75 Å². The Kier molecular flexibility index (Phi) is 8.32. The van der Waals surface area contributed by atoms with Crippen LogP contribution in [0.15, 0.2) is 29.4 Å². The number of rotatable bonds is 8. The molecule has 0 spiro atoms. The Morgan fingerprint density at radius 1 is 1.03 bits per heavy atom. The topological polar surface area (TPSA) is 189 Å². The number of benzene rings is 1. The first-order valence-corrected chi connectivity index (χ1v) is 9.21. The van der Waals surface area contributed by atoms with Gasteiger partial charge < -0.3 is 23.7 Å². The van der Waals surface area contributed by atoms with Gasteiger partial charge in [0, 0.05) is 37.8 Å². The predicted octanol–water partition coefficient (Wildman–Crippen LogP) is 1.80. The lowest BCUT2D eigenvalue weighted by molar-refractivity contribution is -0.384. The molecule has 0 bridgehead atoms. The third-order valence-corrected chi connectivity index (χ3v) is 4.12. The molecule has 172 valence electrons. The van der Waals surface area contributed by atoms with E-state index in [1.807, 2.05) is 0 Å². The first kappa shape index (κ1) is 24.4. The molecule has 0 amide bonds. The first-order chi connectivity index (χ1) is 15.1. The second-order valence-corrected chi connectivity index (χ2v) is 6.55. The molecule has 14 nitrogen and oxygen atoms in total. The van der Waals surface area contributed by atoms with Gasteiger partial charge in [0.15, 0.2) is 12.2 Å². The predicted molar refractivity (Wildman–Crippen MR) is 103 cm³/mol. The number of nitrogens with zero attached hydrogens (tertiary/aromatic N) is 4. The van der Waals surface area contributed by atoms with Crippen molar-refractivity contribution in [1.29, 1.82) is 0 Å². The second kappa shape index (κ2) is 10.9. The number of nitro benzene ring substituents is 1. The molecule has 0 aromatic heterocycles. The number of hydrogen-bond donors (Lipinski definition) is 0. The Balaban J connectivity index is 2.44. The summed E-state index contributed by atoms with van der Waals surface area (Å²) in [6.07, 6.45) is -6.58. The molecule has 1 aliphatic rings. The molecule has 2 rings (SSSR count). The minimum absolute atomic E-state index is 0.104. The van der Waals surface area contributed by atoms with E-state index in [0.29, 0.717) is 0 Å². The highest BCUT2D eigenvalue weighted by molar-refractivity contribution is 5.68. The lowest BCUT2D eigenvalue weighted by Crippen LogP contribution is -2.63. The highest BCUT2D eigenvalue weighted by Gasteiger charge is 2.52. The van der Waals surface area contributed by atoms with Gasteiger partial charge in [0.1, 0.15) is 11.9 Å². The average molecular weight is 452 g/mol. The second-order valence-electron chi connectivity index (χ2n) is 6.55. The number of esters is 3. The van der Waals surface area contributed by atoms with E-state index < -0.39 is 53.5 Å². The summed E-state index contributed by atoms with van der Waals surface area (Å²) in [7, 11) is 0. The van der Waals surface area contributed by atoms with Crippen LogP contribution in [0.3, 0.4) is 0 Å². The van der Waals surface area contributed by atoms with E-state index in [0.717, 1.165) is 20.8 Å². The van der Waals surface area contributed by atoms with Crippen molar-refractivity contribution >= 4 is 23.6 Å². The SMILES string of the molecule is CC(=O)O[C@H]1[C@@H](OC(C)=O)[C@@H](CN=[N+]=[N-])O[C@H](Oc2ccc([N+](=O)[O-])cc2)[C@@H]1OC(C)=O. The number of ether oxygens (including phenoxy) is 5. The largest absolute Gasteiger partial charge is 0.461 e. The number of carbonyl (C=O) groups excluding carboxylic acids is 3. The maximum absolute atomic E-state index is 11.7. The number of carbonyl (C=O) groups is 3. The summed E-state index contributed by atoms with van der Waals surface area (Å²) >= 11 is 0. The molecule has 5 atom stereocenters. The van der Waals surface area contributed by atoms with Gasteiger partial charge in [0.25, 0.3) is 5.69 Å². The van der Waals surface area contributed by atoms with Crippen molar-refractivity contribution in [2.24, 2.45) is 5.11 Å². The third kappa shape index (κ3) is 6.55. The van der Waals surface area contributed by atoms with Crippen LogP contribution in [-0.2, 0) is 33.3 Å². The summed E-state index contributed by atoms with van der Waals surface area (Å²) in [6.45, 7) is 2.97. The van der Waals surface area contributed by atoms with Gasteiger partial charge in [-0.25, -0.2) is 0 Å². The first-order valence-electron chi connectivity index (χ1n) is 9.21. The van der Waals surface area contributed by atoms with Gasteiger partial charge in [-0.1, -0.05) is 5.11 Å². The number of non-ortho nitro benzene ring substituents is 1. The summed E-state index contributed by atoms with van der Waals surface area (Å²) in [5.74, 6) is -2.20. The Bertz CT molecular complexity index is 915. The molecule has 32 heavy (non-hydrogen) atoms. The van der Waals surface area contributed by atoms with Crippen molar-refractivity contribution < 1.29 is 43.0 Å². The van der Waals surface area contributed by atoms with Crippen molar-refractivity contribution in [2.75, 3.05) is 6.54 Å². The van der Waals surface area contributed by atoms with E-state index in [1.54, 1.807) is 0 Å². The van der Waals surface area contributed by atoms with E-state index in [1.165, 1.54) is 24.3 Å². The van der Waals surface area contributed by atoms with Crippen LogP contribution in [0.2, 0.25) is 0 Å². The summed E-state index contributed by atoms with van der Waals surface area (Å²) < 4.78 is 27.2. The lowest BCUT2D eigenvalue weighted by atomic mass is 9.97. The molecular weight excluding hydrogens is 432 g/mol. The van der Waals surface area contributed by atoms with E-state index in [9.17, 15) is 24.5 Å². The summed E-state index contributed by atoms with van der Waals surface area (Å²) in [4.78, 5) is 48.0. The van der Waals surface area contributed by atoms with Crippen molar-refractivity contribution in [1.82, 2.24) is 0 Å². The summed E-state index contributed by atoms with van der Waals surface area (Å²) in [5, 5.41) is 14.3. The fourth-order valence-corrected chi connectivity index (χ4v) is 2.99. The van der Waals surface area contributed by atoms with Gasteiger partial charge in [-0.05, 0) is 17.7 Å². The molecule has 1 saturated heterocycles. The maximum Gasteiger partial charge on any atom is 0.303 e. The van der Waals surface area contributed by atoms with Crippen LogP contribution in [0.1, 0.15) is 20.8 Å². The van der Waals surface area contributed by atoms with Crippen LogP contribution in [0, 0.1) is 10.1 Å². The van der Waals surface area contributed by atoms with Crippen molar-refractivity contribution in [3.63, 3.8) is 0 Å². The highest BCUT2D eigenvalue weighted by atomic mass is 16.7. The summed E-state index contributed by atoms with van der Waals surface area (Å²) in [6, 6.07) is 4.94. The van der Waals surface area contributed by atoms with Gasteiger partial charge in [-0.2, -0.15) is 0 Å². The molecule has 0 saturated carbocycles. The van der Waals surface area contributed by atoms with Gasteiger partial charge in [-0.3, -0.25) is 24.5 Å². The highest BCUT2D eigenvalue weighted by Crippen LogP contribution is 2.31. The maximum atomic E-state index is 11.7. The van der Waals surface area contributed by atoms with Gasteiger partial charge in [0.2, 0.25) is 12.4 Å². The summed E-state index contributed by atoms with van der Waals surface area (Å²) in [5.41, 5.74) is 8.49. The van der Waals surface area contributed by atoms with Crippen LogP contribution < -0.4 is 4.74 Å². The van der Waals surface area contributed by atoms with E-state index >= 15 is 0 Å². The molecule has 1 aromatic carbocycles. The van der Waals surface area contributed by atoms with Crippen LogP contribution in [0.5, 0.6) is 5.75 Å². The fourth-order valence-electron chi connectivity index (χ4n) is 2.99. The average Bonchev–Trinajstić information content (AvgIpc) is 2.70. The standard InChI is InChI=1S/C18H20N4O10/c1-9(23)28-15-14(8-20-21-19)32-18(17(30-11(3)25)16(15)29-10(2)24)31-13-6-4-12(5-7-13)22(26)27/h4-7,14-18H,8H2,1-3H3/t14-,15+,16+,17-,18+/m1/s1. The Hall–Kier alpha value is -3.90. The molecule has 0 radical (unpaired) electrons. The number of nitro groups is 1. The zero-order valence-corrected chi connectivity index (χ0v) is 17.3. The number of azide groups is 1. The molecule has 1 aliphatic heterocycles. The normalized spacial score (nSPS) is 24.4. The Labute approximate surface area is 181 Å². The minimum atomic E-state index is -1.41. The lowest BCUT2D eigenvalue weighted by Gasteiger charge is -2.43. The fraction of sp³-hybridized carbons (Fsp3) is 0.500. The molecule has 1 aromatic rings. The van der Waals surface area contributed by atoms with Crippen LogP contribution in [0.4, 0.5) is 5.69 Å².